The van der Waals surface area contributed by atoms with E-state index in [9.17, 15) is 9.59 Å². The number of carbonyl (C=O) groups excluding carboxylic acids is 1. The number of nitrogens with one attached hydrogen (secondary N) is 2. The monoisotopic (exact) mass is 255 g/mol. The van der Waals surface area contributed by atoms with Crippen LogP contribution >= 0.6 is 0 Å². The van der Waals surface area contributed by atoms with E-state index in [1.165, 1.54) is 0 Å². The fourth-order valence-electron chi connectivity index (χ4n) is 1.47. The zero-order chi connectivity index (χ0) is 13.7. The first-order valence-corrected chi connectivity index (χ1v) is 5.64. The van der Waals surface area contributed by atoms with Crippen LogP contribution in [-0.2, 0) is 11.3 Å². The summed E-state index contributed by atoms with van der Waals surface area (Å²) in [4.78, 5) is 22.2. The summed E-state index contributed by atoms with van der Waals surface area (Å²) in [6.07, 6.45) is 0.327. The molecule has 0 saturated carbocycles. The molecule has 7 heteroatoms. The molecule has 0 unspecified atom stereocenters. The van der Waals surface area contributed by atoms with Crippen molar-refractivity contribution in [3.05, 3.63) is 17.0 Å². The van der Waals surface area contributed by atoms with Gasteiger partial charge in [-0.25, -0.2) is 9.59 Å². The molecule has 0 bridgehead atoms. The molecule has 7 nitrogen and oxygen atoms in total. The molecule has 100 valence electrons. The van der Waals surface area contributed by atoms with Crippen LogP contribution in [0.15, 0.2) is 4.52 Å². The van der Waals surface area contributed by atoms with E-state index in [1.54, 1.807) is 20.8 Å². The third-order valence-corrected chi connectivity index (χ3v) is 2.62. The first-order valence-electron chi connectivity index (χ1n) is 5.64. The fourth-order valence-corrected chi connectivity index (χ4v) is 1.47. The summed E-state index contributed by atoms with van der Waals surface area (Å²) in [5.41, 5.74) is 1.51. The molecule has 0 fully saturated rings. The van der Waals surface area contributed by atoms with Crippen LogP contribution in [0.25, 0.3) is 0 Å². The molecule has 0 spiro atoms. The Balaban J connectivity index is 2.49. The molecule has 18 heavy (non-hydrogen) atoms. The quantitative estimate of drug-likeness (QED) is 0.726. The van der Waals surface area contributed by atoms with Gasteiger partial charge in [-0.15, -0.1) is 0 Å². The standard InChI is InChI=1S/C11H17N3O4/c1-4-9(10(15)16)13-11(17)12-5-8-6(2)14-18-7(8)3/h9H,4-5H2,1-3H3,(H,15,16)(H2,12,13,17)/t9-/m0/s1. The molecule has 1 aromatic rings. The van der Waals surface area contributed by atoms with E-state index in [-0.39, 0.29) is 6.54 Å². The van der Waals surface area contributed by atoms with Gasteiger partial charge in [-0.1, -0.05) is 12.1 Å². The Morgan fingerprint density at radius 2 is 2.11 bits per heavy atom. The number of aromatic nitrogens is 1. The van der Waals surface area contributed by atoms with Crippen LogP contribution in [-0.4, -0.2) is 28.3 Å². The van der Waals surface area contributed by atoms with E-state index in [0.717, 1.165) is 5.56 Å². The molecule has 0 aliphatic carbocycles. The minimum absolute atomic E-state index is 0.253. The fraction of sp³-hybridized carbons (Fsp3) is 0.545. The zero-order valence-electron chi connectivity index (χ0n) is 10.6. The topological polar surface area (TPSA) is 104 Å². The van der Waals surface area contributed by atoms with Gasteiger partial charge in [0, 0.05) is 12.1 Å². The Bertz CT molecular complexity index is 422. The number of hydrogen-bond acceptors (Lipinski definition) is 4. The van der Waals surface area contributed by atoms with E-state index in [2.05, 4.69) is 15.8 Å². The number of rotatable bonds is 5. The van der Waals surface area contributed by atoms with Crippen LogP contribution in [0.3, 0.4) is 0 Å². The lowest BCUT2D eigenvalue weighted by atomic mass is 10.2. The lowest BCUT2D eigenvalue weighted by Crippen LogP contribution is -2.45. The first kappa shape index (κ1) is 14.0. The summed E-state index contributed by atoms with van der Waals surface area (Å²) in [6.45, 7) is 5.47. The van der Waals surface area contributed by atoms with Gasteiger partial charge in [-0.3, -0.25) is 0 Å². The lowest BCUT2D eigenvalue weighted by Gasteiger charge is -2.12. The number of hydrogen-bond donors (Lipinski definition) is 3. The van der Waals surface area contributed by atoms with Crippen LogP contribution in [0.2, 0.25) is 0 Å². The molecule has 3 N–H and O–H groups in total. The molecule has 0 aliphatic rings. The predicted octanol–water partition coefficient (Wildman–Crippen LogP) is 0.954. The molecular formula is C11H17N3O4. The van der Waals surface area contributed by atoms with Gasteiger partial charge in [-0.2, -0.15) is 0 Å². The maximum Gasteiger partial charge on any atom is 0.326 e. The van der Waals surface area contributed by atoms with Crippen LogP contribution < -0.4 is 10.6 Å². The summed E-state index contributed by atoms with van der Waals surface area (Å²) in [7, 11) is 0. The minimum atomic E-state index is -1.05. The summed E-state index contributed by atoms with van der Waals surface area (Å²) >= 11 is 0. The molecule has 0 aliphatic heterocycles. The summed E-state index contributed by atoms with van der Waals surface area (Å²) in [6, 6.07) is -1.40. The van der Waals surface area contributed by atoms with Gasteiger partial charge >= 0.3 is 12.0 Å². The van der Waals surface area contributed by atoms with Crippen LogP contribution in [0.1, 0.15) is 30.4 Å². The molecule has 1 heterocycles. The van der Waals surface area contributed by atoms with Crippen molar-refractivity contribution >= 4 is 12.0 Å². The van der Waals surface area contributed by atoms with Crippen molar-refractivity contribution in [3.8, 4) is 0 Å². The van der Waals surface area contributed by atoms with E-state index >= 15 is 0 Å². The molecule has 0 aromatic carbocycles. The van der Waals surface area contributed by atoms with Gasteiger partial charge in [0.2, 0.25) is 0 Å². The Morgan fingerprint density at radius 1 is 1.44 bits per heavy atom. The lowest BCUT2D eigenvalue weighted by molar-refractivity contribution is -0.139. The molecule has 1 rings (SSSR count). The smallest absolute Gasteiger partial charge is 0.326 e. The number of carbonyl (C=O) groups is 2. The SMILES string of the molecule is CC[C@H](NC(=O)NCc1c(C)noc1C)C(=O)O. The number of amides is 2. The zero-order valence-corrected chi connectivity index (χ0v) is 10.6. The number of aryl methyl sites for hydroxylation is 2. The van der Waals surface area contributed by atoms with Crippen molar-refractivity contribution in [1.82, 2.24) is 15.8 Å². The van der Waals surface area contributed by atoms with Gasteiger partial charge in [-0.05, 0) is 20.3 Å². The third kappa shape index (κ3) is 3.47. The second-order valence-corrected chi connectivity index (χ2v) is 3.93. The van der Waals surface area contributed by atoms with Crippen molar-refractivity contribution in [2.75, 3.05) is 0 Å². The first-order chi connectivity index (χ1) is 8.45. The molecule has 0 saturated heterocycles. The second-order valence-electron chi connectivity index (χ2n) is 3.93. The highest BCUT2D eigenvalue weighted by Crippen LogP contribution is 2.11. The highest BCUT2D eigenvalue weighted by Gasteiger charge is 2.17. The van der Waals surface area contributed by atoms with Gasteiger partial charge < -0.3 is 20.3 Å². The van der Waals surface area contributed by atoms with Gasteiger partial charge in [0.05, 0.1) is 5.69 Å². The second kappa shape index (κ2) is 6.04. The van der Waals surface area contributed by atoms with Crippen LogP contribution in [0.4, 0.5) is 4.79 Å². The Morgan fingerprint density at radius 3 is 2.56 bits per heavy atom. The van der Waals surface area contributed by atoms with Gasteiger partial charge in [0.15, 0.2) is 0 Å². The molecule has 0 radical (unpaired) electrons. The van der Waals surface area contributed by atoms with Crippen molar-refractivity contribution < 1.29 is 19.2 Å². The van der Waals surface area contributed by atoms with Crippen LogP contribution in [0, 0.1) is 13.8 Å². The maximum atomic E-state index is 11.5. The Labute approximate surface area is 105 Å². The molecule has 1 aromatic heterocycles. The number of carboxylic acids is 1. The molecule has 1 atom stereocenters. The number of nitrogens with zero attached hydrogens (tertiary/aromatic N) is 1. The summed E-state index contributed by atoms with van der Waals surface area (Å²) in [5.74, 6) is -0.414. The van der Waals surface area contributed by atoms with E-state index in [1.807, 2.05) is 0 Å². The highest BCUT2D eigenvalue weighted by atomic mass is 16.5. The van der Waals surface area contributed by atoms with Crippen molar-refractivity contribution in [3.63, 3.8) is 0 Å². The van der Waals surface area contributed by atoms with E-state index in [4.69, 9.17) is 9.63 Å². The Hall–Kier alpha value is -2.05. The van der Waals surface area contributed by atoms with Crippen molar-refractivity contribution in [1.29, 1.82) is 0 Å². The summed E-state index contributed by atoms with van der Waals surface area (Å²) < 4.78 is 4.95. The molecular weight excluding hydrogens is 238 g/mol. The Kier molecular flexibility index (Phi) is 4.70. The number of carboxylic acid groups (broad SMARTS) is 1. The number of urea groups is 1. The predicted molar refractivity (Wildman–Crippen MR) is 63.1 cm³/mol. The maximum absolute atomic E-state index is 11.5. The van der Waals surface area contributed by atoms with Crippen LogP contribution in [0.5, 0.6) is 0 Å². The highest BCUT2D eigenvalue weighted by molar-refractivity contribution is 5.82. The largest absolute Gasteiger partial charge is 0.480 e. The van der Waals surface area contributed by atoms with Gasteiger partial charge in [0.1, 0.15) is 11.8 Å². The average Bonchev–Trinajstić information content (AvgIpc) is 2.63. The molecule has 2 amide bonds. The number of aliphatic carboxylic acids is 1. The van der Waals surface area contributed by atoms with Crippen molar-refractivity contribution in [2.24, 2.45) is 0 Å². The van der Waals surface area contributed by atoms with E-state index < -0.39 is 18.0 Å². The minimum Gasteiger partial charge on any atom is -0.480 e. The van der Waals surface area contributed by atoms with Gasteiger partial charge in [0.25, 0.3) is 0 Å². The summed E-state index contributed by atoms with van der Waals surface area (Å²) in [5, 5.41) is 17.5. The van der Waals surface area contributed by atoms with E-state index in [0.29, 0.717) is 17.9 Å². The third-order valence-electron chi connectivity index (χ3n) is 2.62. The average molecular weight is 255 g/mol. The normalized spacial score (nSPS) is 11.9. The van der Waals surface area contributed by atoms with Crippen molar-refractivity contribution in [2.45, 2.75) is 39.8 Å².